The third-order valence-corrected chi connectivity index (χ3v) is 3.54. The number of fused-ring (bicyclic) bond motifs is 1. The second kappa shape index (κ2) is 4.16. The highest BCUT2D eigenvalue weighted by molar-refractivity contribution is 6.09. The van der Waals surface area contributed by atoms with E-state index in [0.717, 1.165) is 23.4 Å². The predicted molar refractivity (Wildman–Crippen MR) is 74.4 cm³/mol. The number of benzene rings is 1. The summed E-state index contributed by atoms with van der Waals surface area (Å²) in [6.07, 6.45) is 0.849. The highest BCUT2D eigenvalue weighted by Crippen LogP contribution is 2.35. The van der Waals surface area contributed by atoms with Gasteiger partial charge >= 0.3 is 0 Å². The molecule has 0 saturated heterocycles. The maximum absolute atomic E-state index is 12.6. The summed E-state index contributed by atoms with van der Waals surface area (Å²) in [5.74, 6) is 1.37. The standard InChI is InChI=1S/C15H16N2O2/c1-9-8-12(10(2)19-9)15(18)17-7-6-11-4-3-5-13(16)14(11)17/h3-5,8H,6-7,16H2,1-2H3. The van der Waals surface area contributed by atoms with E-state index >= 15 is 0 Å². The molecule has 0 fully saturated rings. The van der Waals surface area contributed by atoms with E-state index in [4.69, 9.17) is 10.2 Å². The van der Waals surface area contributed by atoms with Crippen LogP contribution in [0.5, 0.6) is 0 Å². The fraction of sp³-hybridized carbons (Fsp3) is 0.267. The number of amides is 1. The number of rotatable bonds is 1. The second-order valence-electron chi connectivity index (χ2n) is 4.89. The topological polar surface area (TPSA) is 59.5 Å². The molecule has 2 aromatic rings. The summed E-state index contributed by atoms with van der Waals surface area (Å²) in [5, 5.41) is 0. The Morgan fingerprint density at radius 1 is 1.37 bits per heavy atom. The minimum atomic E-state index is -0.0361. The van der Waals surface area contributed by atoms with Crippen molar-refractivity contribution in [3.05, 3.63) is 46.9 Å². The minimum absolute atomic E-state index is 0.0361. The van der Waals surface area contributed by atoms with Crippen LogP contribution < -0.4 is 10.6 Å². The first-order valence-corrected chi connectivity index (χ1v) is 6.34. The monoisotopic (exact) mass is 256 g/mol. The zero-order chi connectivity index (χ0) is 13.6. The molecule has 4 nitrogen and oxygen atoms in total. The van der Waals surface area contributed by atoms with Crippen LogP contribution in [-0.4, -0.2) is 12.5 Å². The van der Waals surface area contributed by atoms with Crippen LogP contribution >= 0.6 is 0 Å². The summed E-state index contributed by atoms with van der Waals surface area (Å²) < 4.78 is 5.43. The third-order valence-electron chi connectivity index (χ3n) is 3.54. The average molecular weight is 256 g/mol. The van der Waals surface area contributed by atoms with Gasteiger partial charge in [0.2, 0.25) is 0 Å². The lowest BCUT2D eigenvalue weighted by molar-refractivity contribution is 0.0988. The van der Waals surface area contributed by atoms with Gasteiger partial charge in [-0.25, -0.2) is 0 Å². The molecule has 0 unspecified atom stereocenters. The Morgan fingerprint density at radius 3 is 2.84 bits per heavy atom. The van der Waals surface area contributed by atoms with Crippen molar-refractivity contribution in [2.24, 2.45) is 0 Å². The largest absolute Gasteiger partial charge is 0.466 e. The first-order valence-electron chi connectivity index (χ1n) is 6.34. The van der Waals surface area contributed by atoms with Crippen molar-refractivity contribution in [3.8, 4) is 0 Å². The van der Waals surface area contributed by atoms with Gasteiger partial charge in [-0.3, -0.25) is 4.79 Å². The first-order chi connectivity index (χ1) is 9.08. The molecule has 4 heteroatoms. The Labute approximate surface area is 111 Å². The summed E-state index contributed by atoms with van der Waals surface area (Å²) in [6.45, 7) is 4.33. The number of carbonyl (C=O) groups is 1. The molecule has 2 heterocycles. The average Bonchev–Trinajstić information content (AvgIpc) is 2.93. The van der Waals surface area contributed by atoms with Crippen LogP contribution in [0.2, 0.25) is 0 Å². The van der Waals surface area contributed by atoms with Gasteiger partial charge in [-0.05, 0) is 38.0 Å². The molecule has 0 spiro atoms. The molecule has 1 amide bonds. The van der Waals surface area contributed by atoms with Crippen LogP contribution in [-0.2, 0) is 6.42 Å². The molecule has 1 aromatic heterocycles. The fourth-order valence-electron chi connectivity index (χ4n) is 2.68. The van der Waals surface area contributed by atoms with Crippen LogP contribution in [0, 0.1) is 13.8 Å². The van der Waals surface area contributed by atoms with E-state index in [0.29, 0.717) is 23.6 Å². The van der Waals surface area contributed by atoms with Crippen LogP contribution in [0.4, 0.5) is 11.4 Å². The SMILES string of the molecule is Cc1cc(C(=O)N2CCc3cccc(N)c32)c(C)o1. The van der Waals surface area contributed by atoms with E-state index in [-0.39, 0.29) is 5.91 Å². The molecule has 1 aliphatic rings. The van der Waals surface area contributed by atoms with Crippen LogP contribution in [0.25, 0.3) is 0 Å². The third kappa shape index (κ3) is 1.80. The Bertz CT molecular complexity index is 658. The summed E-state index contributed by atoms with van der Waals surface area (Å²) in [6, 6.07) is 7.56. The number of hydrogen-bond acceptors (Lipinski definition) is 3. The molecule has 0 aliphatic carbocycles. The van der Waals surface area contributed by atoms with Gasteiger partial charge in [-0.15, -0.1) is 0 Å². The maximum Gasteiger partial charge on any atom is 0.261 e. The predicted octanol–water partition coefficient (Wildman–Crippen LogP) is 2.68. The van der Waals surface area contributed by atoms with Gasteiger partial charge in [0, 0.05) is 6.54 Å². The maximum atomic E-state index is 12.6. The Hall–Kier alpha value is -2.23. The molecular formula is C15H16N2O2. The Morgan fingerprint density at radius 2 is 2.16 bits per heavy atom. The van der Waals surface area contributed by atoms with E-state index in [1.54, 1.807) is 11.0 Å². The zero-order valence-corrected chi connectivity index (χ0v) is 11.1. The van der Waals surface area contributed by atoms with E-state index in [1.807, 2.05) is 32.0 Å². The minimum Gasteiger partial charge on any atom is -0.466 e. The summed E-state index contributed by atoms with van der Waals surface area (Å²) in [7, 11) is 0. The zero-order valence-electron chi connectivity index (χ0n) is 11.1. The molecular weight excluding hydrogens is 240 g/mol. The van der Waals surface area contributed by atoms with Crippen molar-refractivity contribution in [3.63, 3.8) is 0 Å². The lowest BCUT2D eigenvalue weighted by Gasteiger charge is -2.18. The van der Waals surface area contributed by atoms with Crippen LogP contribution in [0.3, 0.4) is 0 Å². The lowest BCUT2D eigenvalue weighted by Crippen LogP contribution is -2.29. The molecule has 0 saturated carbocycles. The number of furan rings is 1. The van der Waals surface area contributed by atoms with Crippen LogP contribution in [0.15, 0.2) is 28.7 Å². The molecule has 0 atom stereocenters. The lowest BCUT2D eigenvalue weighted by atomic mass is 10.1. The highest BCUT2D eigenvalue weighted by Gasteiger charge is 2.29. The van der Waals surface area contributed by atoms with E-state index < -0.39 is 0 Å². The molecule has 19 heavy (non-hydrogen) atoms. The number of nitrogens with two attached hydrogens (primary N) is 1. The van der Waals surface area contributed by atoms with E-state index in [9.17, 15) is 4.79 Å². The normalized spacial score (nSPS) is 13.7. The molecule has 2 N–H and O–H groups in total. The van der Waals surface area contributed by atoms with Gasteiger partial charge < -0.3 is 15.1 Å². The number of anilines is 2. The summed E-state index contributed by atoms with van der Waals surface area (Å²) in [4.78, 5) is 14.4. The number of carbonyl (C=O) groups excluding carboxylic acids is 1. The smallest absolute Gasteiger partial charge is 0.261 e. The number of para-hydroxylation sites is 1. The molecule has 98 valence electrons. The Kier molecular flexibility index (Phi) is 2.59. The van der Waals surface area contributed by atoms with Crippen molar-refractivity contribution >= 4 is 17.3 Å². The Balaban J connectivity index is 2.02. The molecule has 0 radical (unpaired) electrons. The summed E-state index contributed by atoms with van der Waals surface area (Å²) >= 11 is 0. The first kappa shape index (κ1) is 11.8. The quantitative estimate of drug-likeness (QED) is 0.798. The number of hydrogen-bond donors (Lipinski definition) is 1. The molecule has 3 rings (SSSR count). The van der Waals surface area contributed by atoms with Gasteiger partial charge in [0.15, 0.2) is 0 Å². The van der Waals surface area contributed by atoms with E-state index in [2.05, 4.69) is 0 Å². The van der Waals surface area contributed by atoms with Gasteiger partial charge in [0.05, 0.1) is 16.9 Å². The number of aryl methyl sites for hydroxylation is 2. The van der Waals surface area contributed by atoms with Crippen LogP contribution in [0.1, 0.15) is 27.4 Å². The van der Waals surface area contributed by atoms with Gasteiger partial charge in [0.25, 0.3) is 5.91 Å². The van der Waals surface area contributed by atoms with Crippen molar-refractivity contribution in [2.45, 2.75) is 20.3 Å². The van der Waals surface area contributed by atoms with E-state index in [1.165, 1.54) is 0 Å². The van der Waals surface area contributed by atoms with Crippen molar-refractivity contribution in [1.29, 1.82) is 0 Å². The molecule has 0 bridgehead atoms. The van der Waals surface area contributed by atoms with Gasteiger partial charge in [0.1, 0.15) is 11.5 Å². The van der Waals surface area contributed by atoms with Crippen molar-refractivity contribution < 1.29 is 9.21 Å². The summed E-state index contributed by atoms with van der Waals surface area (Å²) in [5.41, 5.74) is 9.26. The highest BCUT2D eigenvalue weighted by atomic mass is 16.3. The van der Waals surface area contributed by atoms with Gasteiger partial charge in [-0.2, -0.15) is 0 Å². The molecule has 1 aliphatic heterocycles. The number of nitrogen functional groups attached to an aromatic ring is 1. The fourth-order valence-corrected chi connectivity index (χ4v) is 2.68. The van der Waals surface area contributed by atoms with Crippen molar-refractivity contribution in [1.82, 2.24) is 0 Å². The second-order valence-corrected chi connectivity index (χ2v) is 4.89. The van der Waals surface area contributed by atoms with Gasteiger partial charge in [-0.1, -0.05) is 12.1 Å². The number of nitrogens with zero attached hydrogens (tertiary/aromatic N) is 1. The molecule has 1 aromatic carbocycles. The van der Waals surface area contributed by atoms with Crippen molar-refractivity contribution in [2.75, 3.05) is 17.2 Å².